The second-order valence-electron chi connectivity index (χ2n) is 5.42. The Hall–Kier alpha value is -0.570. The van der Waals surface area contributed by atoms with Crippen molar-refractivity contribution in [2.45, 2.75) is 71.3 Å². The summed E-state index contributed by atoms with van der Waals surface area (Å²) in [5, 5.41) is 3.54. The average Bonchev–Trinajstić information content (AvgIpc) is 2.39. The van der Waals surface area contributed by atoms with Crippen LogP contribution in [0.15, 0.2) is 0 Å². The van der Waals surface area contributed by atoms with Crippen molar-refractivity contribution < 1.29 is 4.79 Å². The Morgan fingerprint density at radius 2 is 1.72 bits per heavy atom. The van der Waals surface area contributed by atoms with Gasteiger partial charge in [-0.2, -0.15) is 0 Å². The molecule has 18 heavy (non-hydrogen) atoms. The van der Waals surface area contributed by atoms with Crippen molar-refractivity contribution >= 4 is 5.91 Å². The largest absolute Gasteiger partial charge is 0.343 e. The van der Waals surface area contributed by atoms with Gasteiger partial charge in [-0.1, -0.05) is 33.1 Å². The van der Waals surface area contributed by atoms with Gasteiger partial charge >= 0.3 is 0 Å². The minimum absolute atomic E-state index is 0.321. The van der Waals surface area contributed by atoms with Crippen molar-refractivity contribution in [3.05, 3.63) is 0 Å². The summed E-state index contributed by atoms with van der Waals surface area (Å²) >= 11 is 0. The molecule has 106 valence electrons. The molecule has 0 aromatic carbocycles. The van der Waals surface area contributed by atoms with Gasteiger partial charge in [-0.05, 0) is 25.7 Å². The first kappa shape index (κ1) is 15.5. The summed E-state index contributed by atoms with van der Waals surface area (Å²) in [5.74, 6) is 0.321. The van der Waals surface area contributed by atoms with Gasteiger partial charge in [0.25, 0.3) is 0 Å². The van der Waals surface area contributed by atoms with E-state index in [4.69, 9.17) is 0 Å². The van der Waals surface area contributed by atoms with Gasteiger partial charge in [0, 0.05) is 32.1 Å². The Morgan fingerprint density at radius 3 is 2.28 bits per heavy atom. The van der Waals surface area contributed by atoms with Crippen molar-refractivity contribution in [2.75, 3.05) is 19.6 Å². The summed E-state index contributed by atoms with van der Waals surface area (Å²) in [4.78, 5) is 14.1. The lowest BCUT2D eigenvalue weighted by atomic mass is 9.95. The molecule has 0 atom stereocenters. The van der Waals surface area contributed by atoms with E-state index in [0.717, 1.165) is 32.5 Å². The minimum Gasteiger partial charge on any atom is -0.343 e. The van der Waals surface area contributed by atoms with Gasteiger partial charge in [0.1, 0.15) is 0 Å². The first-order valence-electron chi connectivity index (χ1n) is 7.79. The van der Waals surface area contributed by atoms with Gasteiger partial charge in [0.05, 0.1) is 0 Å². The molecule has 0 bridgehead atoms. The summed E-state index contributed by atoms with van der Waals surface area (Å²) < 4.78 is 0. The molecule has 0 radical (unpaired) electrons. The van der Waals surface area contributed by atoms with Crippen LogP contribution in [0.2, 0.25) is 0 Å². The Kier molecular flexibility index (Phi) is 8.06. The molecule has 3 heteroatoms. The van der Waals surface area contributed by atoms with Crippen LogP contribution in [0.1, 0.15) is 65.2 Å². The monoisotopic (exact) mass is 254 g/mol. The number of carbonyl (C=O) groups excluding carboxylic acids is 1. The molecule has 1 aliphatic carbocycles. The summed E-state index contributed by atoms with van der Waals surface area (Å²) in [5.41, 5.74) is 0. The number of rotatable bonds is 8. The SMILES string of the molecule is CCCN(CCC)C(=O)CCNC1CCCCC1. The molecular formula is C15H30N2O. The zero-order valence-electron chi connectivity index (χ0n) is 12.2. The fraction of sp³-hybridized carbons (Fsp3) is 0.933. The highest BCUT2D eigenvalue weighted by molar-refractivity contribution is 5.76. The molecule has 1 rings (SSSR count). The summed E-state index contributed by atoms with van der Waals surface area (Å²) in [7, 11) is 0. The molecule has 0 spiro atoms. The van der Waals surface area contributed by atoms with Gasteiger partial charge in [0.2, 0.25) is 5.91 Å². The topological polar surface area (TPSA) is 32.3 Å². The molecule has 0 aromatic heterocycles. The molecule has 0 heterocycles. The van der Waals surface area contributed by atoms with Crippen molar-refractivity contribution in [3.63, 3.8) is 0 Å². The molecule has 1 amide bonds. The van der Waals surface area contributed by atoms with Gasteiger partial charge in [0.15, 0.2) is 0 Å². The quantitative estimate of drug-likeness (QED) is 0.722. The van der Waals surface area contributed by atoms with Crippen LogP contribution in [-0.4, -0.2) is 36.5 Å². The minimum atomic E-state index is 0.321. The van der Waals surface area contributed by atoms with E-state index in [2.05, 4.69) is 19.2 Å². The molecule has 0 aliphatic heterocycles. The molecule has 1 N–H and O–H groups in total. The van der Waals surface area contributed by atoms with E-state index in [1.165, 1.54) is 32.1 Å². The fourth-order valence-corrected chi connectivity index (χ4v) is 2.75. The maximum Gasteiger partial charge on any atom is 0.223 e. The normalized spacial score (nSPS) is 16.8. The van der Waals surface area contributed by atoms with Gasteiger partial charge in [-0.25, -0.2) is 0 Å². The molecule has 0 aromatic rings. The van der Waals surface area contributed by atoms with E-state index >= 15 is 0 Å². The summed E-state index contributed by atoms with van der Waals surface area (Å²) in [6.45, 7) is 6.95. The third-order valence-corrected chi connectivity index (χ3v) is 3.72. The van der Waals surface area contributed by atoms with Crippen LogP contribution in [0.5, 0.6) is 0 Å². The predicted molar refractivity (Wildman–Crippen MR) is 76.7 cm³/mol. The number of nitrogens with zero attached hydrogens (tertiary/aromatic N) is 1. The van der Waals surface area contributed by atoms with E-state index < -0.39 is 0 Å². The first-order valence-corrected chi connectivity index (χ1v) is 7.79. The van der Waals surface area contributed by atoms with Crippen molar-refractivity contribution in [3.8, 4) is 0 Å². The Morgan fingerprint density at radius 1 is 1.11 bits per heavy atom. The van der Waals surface area contributed by atoms with E-state index in [1.54, 1.807) is 0 Å². The highest BCUT2D eigenvalue weighted by Gasteiger charge is 2.14. The van der Waals surface area contributed by atoms with Gasteiger partial charge < -0.3 is 10.2 Å². The zero-order chi connectivity index (χ0) is 13.2. The van der Waals surface area contributed by atoms with Crippen molar-refractivity contribution in [1.82, 2.24) is 10.2 Å². The lowest BCUT2D eigenvalue weighted by Gasteiger charge is -2.24. The Bertz CT molecular complexity index is 219. The maximum absolute atomic E-state index is 12.1. The van der Waals surface area contributed by atoms with Crippen LogP contribution in [0, 0.1) is 0 Å². The molecule has 1 saturated carbocycles. The number of hydrogen-bond donors (Lipinski definition) is 1. The molecule has 1 aliphatic rings. The van der Waals surface area contributed by atoms with Crippen LogP contribution in [0.4, 0.5) is 0 Å². The predicted octanol–water partition coefficient (Wildman–Crippen LogP) is 2.95. The molecule has 1 fully saturated rings. The summed E-state index contributed by atoms with van der Waals surface area (Å²) in [6, 6.07) is 0.664. The van der Waals surface area contributed by atoms with Crippen molar-refractivity contribution in [1.29, 1.82) is 0 Å². The maximum atomic E-state index is 12.1. The van der Waals surface area contributed by atoms with E-state index in [0.29, 0.717) is 18.4 Å². The van der Waals surface area contributed by atoms with Crippen molar-refractivity contribution in [2.24, 2.45) is 0 Å². The van der Waals surface area contributed by atoms with Gasteiger partial charge in [-0.15, -0.1) is 0 Å². The van der Waals surface area contributed by atoms with Crippen LogP contribution in [0.3, 0.4) is 0 Å². The fourth-order valence-electron chi connectivity index (χ4n) is 2.75. The highest BCUT2D eigenvalue weighted by Crippen LogP contribution is 2.17. The average molecular weight is 254 g/mol. The van der Waals surface area contributed by atoms with Crippen LogP contribution in [-0.2, 0) is 4.79 Å². The smallest absolute Gasteiger partial charge is 0.223 e. The zero-order valence-corrected chi connectivity index (χ0v) is 12.2. The van der Waals surface area contributed by atoms with Crippen LogP contribution < -0.4 is 5.32 Å². The first-order chi connectivity index (χ1) is 8.77. The lowest BCUT2D eigenvalue weighted by Crippen LogP contribution is -2.37. The number of hydrogen-bond acceptors (Lipinski definition) is 2. The molecule has 0 saturated heterocycles. The summed E-state index contributed by atoms with van der Waals surface area (Å²) in [6.07, 6.45) is 9.45. The number of carbonyl (C=O) groups is 1. The van der Waals surface area contributed by atoms with E-state index in [9.17, 15) is 4.79 Å². The molecular weight excluding hydrogens is 224 g/mol. The molecule has 0 unspecified atom stereocenters. The Balaban J connectivity index is 2.17. The second-order valence-corrected chi connectivity index (χ2v) is 5.42. The third-order valence-electron chi connectivity index (χ3n) is 3.72. The van der Waals surface area contributed by atoms with Gasteiger partial charge in [-0.3, -0.25) is 4.79 Å². The second kappa shape index (κ2) is 9.37. The van der Waals surface area contributed by atoms with E-state index in [1.807, 2.05) is 4.90 Å². The lowest BCUT2D eigenvalue weighted by molar-refractivity contribution is -0.131. The standard InChI is InChI=1S/C15H30N2O/c1-3-12-17(13-4-2)15(18)10-11-16-14-8-6-5-7-9-14/h14,16H,3-13H2,1-2H3. The van der Waals surface area contributed by atoms with Crippen LogP contribution in [0.25, 0.3) is 0 Å². The van der Waals surface area contributed by atoms with E-state index in [-0.39, 0.29) is 0 Å². The molecule has 3 nitrogen and oxygen atoms in total. The third kappa shape index (κ3) is 5.85. The highest BCUT2D eigenvalue weighted by atomic mass is 16.2. The number of amides is 1. The van der Waals surface area contributed by atoms with Crippen LogP contribution >= 0.6 is 0 Å². The number of nitrogens with one attached hydrogen (secondary N) is 1. The Labute approximate surface area is 112 Å².